The molecule has 2 N–H and O–H groups in total. The first kappa shape index (κ1) is 26.0. The van der Waals surface area contributed by atoms with Crippen molar-refractivity contribution in [2.75, 3.05) is 43.4 Å². The number of nitrogens with one attached hydrogen (secondary N) is 1. The molecule has 1 fully saturated rings. The van der Waals surface area contributed by atoms with Gasteiger partial charge in [0.15, 0.2) is 0 Å². The van der Waals surface area contributed by atoms with E-state index in [-0.39, 0.29) is 17.6 Å². The van der Waals surface area contributed by atoms with Crippen LogP contribution in [0.2, 0.25) is 0 Å². The Morgan fingerprint density at radius 3 is 2.28 bits per heavy atom. The van der Waals surface area contributed by atoms with E-state index in [0.29, 0.717) is 24.2 Å². The normalized spacial score (nSPS) is 18.7. The van der Waals surface area contributed by atoms with Crippen molar-refractivity contribution in [1.82, 2.24) is 9.80 Å². The Morgan fingerprint density at radius 2 is 1.64 bits per heavy atom. The first-order valence-electron chi connectivity index (χ1n) is 12.8. The van der Waals surface area contributed by atoms with E-state index >= 15 is 0 Å². The van der Waals surface area contributed by atoms with E-state index in [9.17, 15) is 14.7 Å². The molecule has 0 spiro atoms. The second kappa shape index (κ2) is 9.77. The molecule has 0 aliphatic carbocycles. The average molecular weight is 493 g/mol. The van der Waals surface area contributed by atoms with Crippen LogP contribution in [-0.4, -0.2) is 66.0 Å². The van der Waals surface area contributed by atoms with Gasteiger partial charge in [0, 0.05) is 55.9 Å². The maximum absolute atomic E-state index is 13.6. The third-order valence-corrected chi connectivity index (χ3v) is 7.71. The second-order valence-electron chi connectivity index (χ2n) is 11.5. The van der Waals surface area contributed by atoms with Crippen molar-refractivity contribution in [2.24, 2.45) is 5.41 Å². The van der Waals surface area contributed by atoms with Gasteiger partial charge >= 0.3 is 0 Å². The van der Waals surface area contributed by atoms with Crippen LogP contribution in [0.4, 0.5) is 11.4 Å². The topological polar surface area (TPSA) is 76.1 Å². The van der Waals surface area contributed by atoms with Crippen molar-refractivity contribution in [3.05, 3.63) is 52.1 Å². The lowest BCUT2D eigenvalue weighted by molar-refractivity contribution is -0.146. The van der Waals surface area contributed by atoms with Crippen LogP contribution in [-0.2, 0) is 22.6 Å². The summed E-state index contributed by atoms with van der Waals surface area (Å²) in [5, 5.41) is 13.3. The van der Waals surface area contributed by atoms with Crippen LogP contribution in [0.25, 0.3) is 0 Å². The molecule has 0 saturated carbocycles. The highest BCUT2D eigenvalue weighted by Crippen LogP contribution is 2.34. The Bertz CT molecular complexity index is 1180. The molecule has 1 saturated heterocycles. The fraction of sp³-hybridized carbons (Fsp3) is 0.517. The van der Waals surface area contributed by atoms with Crippen LogP contribution in [0.1, 0.15) is 48.6 Å². The monoisotopic (exact) mass is 492 g/mol. The van der Waals surface area contributed by atoms with Gasteiger partial charge in [-0.25, -0.2) is 0 Å². The maximum atomic E-state index is 13.6. The van der Waals surface area contributed by atoms with Crippen molar-refractivity contribution in [3.63, 3.8) is 0 Å². The summed E-state index contributed by atoms with van der Waals surface area (Å²) < 4.78 is 0. The van der Waals surface area contributed by atoms with Gasteiger partial charge in [0.2, 0.25) is 11.8 Å². The van der Waals surface area contributed by atoms with E-state index in [1.165, 1.54) is 5.69 Å². The number of hydrogen-bond donors (Lipinski definition) is 2. The molecule has 2 heterocycles. The van der Waals surface area contributed by atoms with Gasteiger partial charge in [-0.2, -0.15) is 0 Å². The molecule has 2 aliphatic rings. The van der Waals surface area contributed by atoms with Gasteiger partial charge in [-0.15, -0.1) is 0 Å². The Balaban J connectivity index is 1.64. The van der Waals surface area contributed by atoms with E-state index in [4.69, 9.17) is 0 Å². The van der Waals surface area contributed by atoms with Crippen LogP contribution >= 0.6 is 0 Å². The highest BCUT2D eigenvalue weighted by molar-refractivity contribution is 5.99. The quantitative estimate of drug-likeness (QED) is 0.634. The van der Waals surface area contributed by atoms with Crippen molar-refractivity contribution in [3.8, 4) is 5.75 Å². The Hall–Kier alpha value is -3.06. The number of piperazine rings is 1. The third-order valence-electron chi connectivity index (χ3n) is 7.71. The van der Waals surface area contributed by atoms with Crippen molar-refractivity contribution in [1.29, 1.82) is 0 Å². The number of phenolic OH excluding ortho intramolecular Hbond substituents is 1. The summed E-state index contributed by atoms with van der Waals surface area (Å²) in [4.78, 5) is 33.7. The van der Waals surface area contributed by atoms with E-state index in [2.05, 4.69) is 40.4 Å². The zero-order valence-electron chi connectivity index (χ0n) is 22.7. The summed E-state index contributed by atoms with van der Waals surface area (Å²) in [5.74, 6) is 0.0138. The van der Waals surface area contributed by atoms with Crippen molar-refractivity contribution < 1.29 is 14.7 Å². The predicted molar refractivity (Wildman–Crippen MR) is 145 cm³/mol. The number of carbonyl (C=O) groups excluding carboxylic acids is 2. The predicted octanol–water partition coefficient (Wildman–Crippen LogP) is 4.01. The number of nitrogens with zero attached hydrogens (tertiary/aromatic N) is 3. The molecule has 0 unspecified atom stereocenters. The molecule has 0 radical (unpaired) electrons. The third kappa shape index (κ3) is 5.07. The van der Waals surface area contributed by atoms with Gasteiger partial charge in [0.1, 0.15) is 11.8 Å². The molecular formula is C29H40N4O3. The lowest BCUT2D eigenvalue weighted by Gasteiger charge is -2.40. The van der Waals surface area contributed by atoms with E-state index in [1.807, 2.05) is 41.5 Å². The number of aryl methyl sites for hydroxylation is 1. The average Bonchev–Trinajstić information content (AvgIpc) is 2.84. The number of fused-ring (bicyclic) bond motifs is 1. The standard InChI is InChI=1S/C29H40N4O3/c1-18-14-24(19(2)20(3)26(18)34)30-27(35)25-16-21-8-9-23(32-12-10-31(7)11-13-32)15-22(21)17-33(25)28(36)29(4,5)6/h8-9,14-15,25,34H,10-13,16-17H2,1-7H3,(H,30,35)/t25-/m0/s1. The van der Waals surface area contributed by atoms with E-state index < -0.39 is 11.5 Å². The zero-order chi connectivity index (χ0) is 26.4. The molecule has 2 amide bonds. The van der Waals surface area contributed by atoms with Gasteiger partial charge in [-0.3, -0.25) is 9.59 Å². The van der Waals surface area contributed by atoms with Crippen molar-refractivity contribution in [2.45, 2.75) is 60.5 Å². The number of phenols is 1. The Morgan fingerprint density at radius 1 is 0.972 bits per heavy atom. The zero-order valence-corrected chi connectivity index (χ0v) is 22.7. The summed E-state index contributed by atoms with van der Waals surface area (Å²) in [6, 6.07) is 7.67. The molecule has 4 rings (SSSR count). The van der Waals surface area contributed by atoms with Gasteiger partial charge < -0.3 is 25.1 Å². The number of aromatic hydroxyl groups is 1. The minimum absolute atomic E-state index is 0.0342. The number of hydrogen-bond acceptors (Lipinski definition) is 5. The maximum Gasteiger partial charge on any atom is 0.247 e. The molecule has 7 nitrogen and oxygen atoms in total. The largest absolute Gasteiger partial charge is 0.507 e. The summed E-state index contributed by atoms with van der Waals surface area (Å²) in [6.45, 7) is 15.7. The van der Waals surface area contributed by atoms with Gasteiger partial charge in [-0.05, 0) is 73.8 Å². The molecule has 2 aliphatic heterocycles. The summed E-state index contributed by atoms with van der Waals surface area (Å²) in [7, 11) is 2.15. The molecule has 2 aromatic carbocycles. The Kier molecular flexibility index (Phi) is 7.06. The summed E-state index contributed by atoms with van der Waals surface area (Å²) in [6.07, 6.45) is 0.473. The van der Waals surface area contributed by atoms with E-state index in [0.717, 1.165) is 48.4 Å². The molecule has 194 valence electrons. The van der Waals surface area contributed by atoms with Crippen LogP contribution < -0.4 is 10.2 Å². The number of anilines is 2. The number of amides is 2. The van der Waals surface area contributed by atoms with Crippen LogP contribution in [0.5, 0.6) is 5.75 Å². The lowest BCUT2D eigenvalue weighted by atomic mass is 9.88. The fourth-order valence-corrected chi connectivity index (χ4v) is 5.12. The number of likely N-dealkylation sites (N-methyl/N-ethyl adjacent to an activating group) is 1. The fourth-order valence-electron chi connectivity index (χ4n) is 5.12. The molecule has 2 aromatic rings. The molecule has 0 bridgehead atoms. The highest BCUT2D eigenvalue weighted by atomic mass is 16.3. The second-order valence-corrected chi connectivity index (χ2v) is 11.5. The molecule has 36 heavy (non-hydrogen) atoms. The van der Waals surface area contributed by atoms with E-state index in [1.54, 1.807) is 11.0 Å². The van der Waals surface area contributed by atoms with Crippen LogP contribution in [0.15, 0.2) is 24.3 Å². The first-order valence-corrected chi connectivity index (χ1v) is 12.8. The SMILES string of the molecule is Cc1cc(NC(=O)[C@@H]2Cc3ccc(N4CCN(C)CC4)cc3CN2C(=O)C(C)(C)C)c(C)c(C)c1O. The molecule has 1 atom stereocenters. The summed E-state index contributed by atoms with van der Waals surface area (Å²) >= 11 is 0. The molecular weight excluding hydrogens is 452 g/mol. The minimum Gasteiger partial charge on any atom is -0.507 e. The van der Waals surface area contributed by atoms with Gasteiger partial charge in [0.05, 0.1) is 0 Å². The van der Waals surface area contributed by atoms with Gasteiger partial charge in [-0.1, -0.05) is 26.8 Å². The molecule has 0 aromatic heterocycles. The number of carbonyl (C=O) groups is 2. The Labute approximate surface area is 215 Å². The van der Waals surface area contributed by atoms with Crippen LogP contribution in [0, 0.1) is 26.2 Å². The summed E-state index contributed by atoms with van der Waals surface area (Å²) in [5.41, 5.74) is 5.76. The van der Waals surface area contributed by atoms with Gasteiger partial charge in [0.25, 0.3) is 0 Å². The lowest BCUT2D eigenvalue weighted by Crippen LogP contribution is -2.53. The van der Waals surface area contributed by atoms with Crippen LogP contribution in [0.3, 0.4) is 0 Å². The number of benzene rings is 2. The molecule has 7 heteroatoms. The van der Waals surface area contributed by atoms with Crippen molar-refractivity contribution >= 4 is 23.2 Å². The smallest absolute Gasteiger partial charge is 0.247 e. The highest BCUT2D eigenvalue weighted by Gasteiger charge is 2.39. The number of rotatable bonds is 3. The minimum atomic E-state index is -0.604. The first-order chi connectivity index (χ1) is 16.9.